The molecular weight excluding hydrogens is 534 g/mol. The second-order valence-electron chi connectivity index (χ2n) is 13.1. The molecule has 0 aliphatic carbocycles. The first-order valence-corrected chi connectivity index (χ1v) is 19.0. The van der Waals surface area contributed by atoms with Gasteiger partial charge in [-0.15, -0.1) is 0 Å². The van der Waals surface area contributed by atoms with Crippen LogP contribution in [0.25, 0.3) is 0 Å². The zero-order valence-electron chi connectivity index (χ0n) is 28.8. The van der Waals surface area contributed by atoms with Crippen LogP contribution in [-0.2, 0) is 4.79 Å². The Morgan fingerprint density at radius 1 is 0.558 bits per heavy atom. The first kappa shape index (κ1) is 42.1. The lowest BCUT2D eigenvalue weighted by Gasteiger charge is -2.26. The molecule has 0 aromatic carbocycles. The van der Waals surface area contributed by atoms with E-state index in [2.05, 4.69) is 31.3 Å². The van der Waals surface area contributed by atoms with Gasteiger partial charge in [0.25, 0.3) is 0 Å². The van der Waals surface area contributed by atoms with Gasteiger partial charge in [0.1, 0.15) is 6.10 Å². The van der Waals surface area contributed by atoms with Crippen molar-refractivity contribution in [3.8, 4) is 0 Å². The van der Waals surface area contributed by atoms with E-state index in [9.17, 15) is 20.1 Å². The quantitative estimate of drug-likeness (QED) is 0.0432. The highest BCUT2D eigenvalue weighted by Crippen LogP contribution is 2.15. The Bertz CT molecular complexity index is 596. The van der Waals surface area contributed by atoms with Crippen molar-refractivity contribution in [1.82, 2.24) is 5.32 Å². The summed E-state index contributed by atoms with van der Waals surface area (Å²) in [6.07, 6.45) is 37.3. The number of carbonyl (C=O) groups excluding carboxylic acids is 1. The number of aliphatic hydroxyl groups excluding tert-OH is 3. The van der Waals surface area contributed by atoms with Gasteiger partial charge < -0.3 is 20.6 Å². The number of hydrogen-bond acceptors (Lipinski definition) is 4. The number of carbonyl (C=O) groups is 1. The maximum Gasteiger partial charge on any atom is 0.220 e. The van der Waals surface area contributed by atoms with E-state index < -0.39 is 18.2 Å². The minimum absolute atomic E-state index is 0.153. The summed E-state index contributed by atoms with van der Waals surface area (Å²) in [6, 6.07) is -0.818. The van der Waals surface area contributed by atoms with E-state index in [-0.39, 0.29) is 12.5 Å². The minimum Gasteiger partial charge on any atom is -0.394 e. The Hall–Kier alpha value is -0.910. The van der Waals surface area contributed by atoms with E-state index in [4.69, 9.17) is 0 Å². The molecule has 0 spiro atoms. The summed E-state index contributed by atoms with van der Waals surface area (Å²) in [5.74, 6) is -0.153. The maximum absolute atomic E-state index is 12.3. The van der Waals surface area contributed by atoms with Crippen molar-refractivity contribution in [2.75, 3.05) is 6.61 Å². The van der Waals surface area contributed by atoms with Gasteiger partial charge in [-0.25, -0.2) is 0 Å². The van der Waals surface area contributed by atoms with Crippen LogP contribution >= 0.6 is 0 Å². The van der Waals surface area contributed by atoms with Gasteiger partial charge in [-0.2, -0.15) is 0 Å². The lowest BCUT2D eigenvalue weighted by Crippen LogP contribution is -2.50. The SMILES string of the molecule is CCCCCCCCC/C=C/CCC[C@@H](O)[C@@H](O)[C@H](CO)NC(=O)CCCCCCCCCCCCCCCCCCC. The number of hydrogen-bond donors (Lipinski definition) is 4. The summed E-state index contributed by atoms with van der Waals surface area (Å²) in [7, 11) is 0. The van der Waals surface area contributed by atoms with Gasteiger partial charge in [-0.05, 0) is 38.5 Å². The fraction of sp³-hybridized carbons (Fsp3) is 0.921. The van der Waals surface area contributed by atoms with Crippen LogP contribution in [0.15, 0.2) is 12.2 Å². The molecule has 0 aliphatic heterocycles. The van der Waals surface area contributed by atoms with E-state index in [1.807, 2.05) is 0 Å². The summed E-state index contributed by atoms with van der Waals surface area (Å²) in [5.41, 5.74) is 0. The molecule has 1 amide bonds. The molecule has 0 radical (unpaired) electrons. The van der Waals surface area contributed by atoms with E-state index in [1.54, 1.807) is 0 Å². The third-order valence-electron chi connectivity index (χ3n) is 8.87. The van der Waals surface area contributed by atoms with Crippen LogP contribution in [-0.4, -0.2) is 46.1 Å². The minimum atomic E-state index is -1.15. The molecular formula is C38H75NO4. The molecule has 0 saturated carbocycles. The van der Waals surface area contributed by atoms with Crippen molar-refractivity contribution in [3.63, 3.8) is 0 Å². The molecule has 43 heavy (non-hydrogen) atoms. The second-order valence-corrected chi connectivity index (χ2v) is 13.1. The Morgan fingerprint density at radius 3 is 1.35 bits per heavy atom. The monoisotopic (exact) mass is 610 g/mol. The zero-order chi connectivity index (χ0) is 31.6. The molecule has 0 heterocycles. The van der Waals surface area contributed by atoms with Crippen molar-refractivity contribution in [3.05, 3.63) is 12.2 Å². The second kappa shape index (κ2) is 34.0. The lowest BCUT2D eigenvalue weighted by atomic mass is 10.0. The number of aliphatic hydroxyl groups is 3. The first-order valence-electron chi connectivity index (χ1n) is 19.0. The first-order chi connectivity index (χ1) is 21.1. The fourth-order valence-corrected chi connectivity index (χ4v) is 5.87. The molecule has 0 saturated heterocycles. The molecule has 5 heteroatoms. The van der Waals surface area contributed by atoms with E-state index in [0.717, 1.165) is 38.5 Å². The summed E-state index contributed by atoms with van der Waals surface area (Å²) >= 11 is 0. The van der Waals surface area contributed by atoms with Crippen molar-refractivity contribution in [2.45, 2.75) is 218 Å². The zero-order valence-corrected chi connectivity index (χ0v) is 28.8. The van der Waals surface area contributed by atoms with Crippen LogP contribution in [0.1, 0.15) is 200 Å². The third-order valence-corrected chi connectivity index (χ3v) is 8.87. The van der Waals surface area contributed by atoms with Crippen LogP contribution in [0.4, 0.5) is 0 Å². The van der Waals surface area contributed by atoms with Crippen LogP contribution < -0.4 is 5.32 Å². The third kappa shape index (κ3) is 29.6. The largest absolute Gasteiger partial charge is 0.394 e. The molecule has 0 rings (SSSR count). The molecule has 0 bridgehead atoms. The number of amides is 1. The maximum atomic E-state index is 12.3. The normalized spacial score (nSPS) is 13.9. The van der Waals surface area contributed by atoms with Crippen LogP contribution in [0.5, 0.6) is 0 Å². The van der Waals surface area contributed by atoms with Crippen molar-refractivity contribution in [1.29, 1.82) is 0 Å². The van der Waals surface area contributed by atoms with Gasteiger partial charge in [0, 0.05) is 6.42 Å². The standard InChI is InChI=1S/C38H75NO4/c1-3-5-7-9-11-13-15-17-18-19-20-21-23-25-27-29-31-33-37(42)39-35(34-40)38(43)36(41)32-30-28-26-24-22-16-14-12-10-8-6-4-2/h24,26,35-36,38,40-41,43H,3-23,25,27-34H2,1-2H3,(H,39,42)/b26-24+/t35-,36+,38-/m0/s1. The Labute approximate surface area is 268 Å². The molecule has 0 aromatic rings. The molecule has 5 nitrogen and oxygen atoms in total. The number of nitrogens with one attached hydrogen (secondary N) is 1. The van der Waals surface area contributed by atoms with E-state index in [0.29, 0.717) is 12.8 Å². The summed E-state index contributed by atoms with van der Waals surface area (Å²) in [5, 5.41) is 33.3. The predicted molar refractivity (Wildman–Crippen MR) is 185 cm³/mol. The lowest BCUT2D eigenvalue weighted by molar-refractivity contribution is -0.124. The van der Waals surface area contributed by atoms with Gasteiger partial charge in [-0.1, -0.05) is 167 Å². The average Bonchev–Trinajstić information content (AvgIpc) is 3.01. The average molecular weight is 610 g/mol. The van der Waals surface area contributed by atoms with Crippen molar-refractivity contribution in [2.24, 2.45) is 0 Å². The number of allylic oxidation sites excluding steroid dienone is 2. The molecule has 3 atom stereocenters. The molecule has 256 valence electrons. The predicted octanol–water partition coefficient (Wildman–Crippen LogP) is 10.1. The highest BCUT2D eigenvalue weighted by atomic mass is 16.3. The molecule has 0 unspecified atom stereocenters. The van der Waals surface area contributed by atoms with Gasteiger partial charge in [0.2, 0.25) is 5.91 Å². The summed E-state index contributed by atoms with van der Waals surface area (Å²) in [4.78, 5) is 12.3. The Kier molecular flexibility index (Phi) is 33.3. The van der Waals surface area contributed by atoms with Crippen LogP contribution in [0.3, 0.4) is 0 Å². The molecule has 0 aromatic heterocycles. The van der Waals surface area contributed by atoms with Gasteiger partial charge in [-0.3, -0.25) is 4.79 Å². The van der Waals surface area contributed by atoms with Gasteiger partial charge in [0.15, 0.2) is 0 Å². The van der Waals surface area contributed by atoms with Crippen LogP contribution in [0, 0.1) is 0 Å². The van der Waals surface area contributed by atoms with Crippen LogP contribution in [0.2, 0.25) is 0 Å². The Morgan fingerprint density at radius 2 is 0.930 bits per heavy atom. The highest BCUT2D eigenvalue weighted by Gasteiger charge is 2.26. The van der Waals surface area contributed by atoms with Gasteiger partial charge in [0.05, 0.1) is 18.8 Å². The van der Waals surface area contributed by atoms with Crippen molar-refractivity contribution >= 4 is 5.91 Å². The summed E-state index contributed by atoms with van der Waals surface area (Å²) < 4.78 is 0. The van der Waals surface area contributed by atoms with E-state index in [1.165, 1.54) is 135 Å². The number of unbranched alkanes of at least 4 members (excludes halogenated alkanes) is 24. The topological polar surface area (TPSA) is 89.8 Å². The molecule has 4 N–H and O–H groups in total. The smallest absolute Gasteiger partial charge is 0.220 e. The molecule has 0 fully saturated rings. The van der Waals surface area contributed by atoms with Crippen molar-refractivity contribution < 1.29 is 20.1 Å². The fourth-order valence-electron chi connectivity index (χ4n) is 5.87. The molecule has 0 aliphatic rings. The Balaban J connectivity index is 3.68. The number of rotatable bonds is 34. The van der Waals surface area contributed by atoms with Gasteiger partial charge >= 0.3 is 0 Å². The van der Waals surface area contributed by atoms with E-state index >= 15 is 0 Å². The highest BCUT2D eigenvalue weighted by molar-refractivity contribution is 5.76. The summed E-state index contributed by atoms with van der Waals surface area (Å²) in [6.45, 7) is 4.15.